The lowest BCUT2D eigenvalue weighted by atomic mass is 10.0. The van der Waals surface area contributed by atoms with Crippen molar-refractivity contribution in [2.75, 3.05) is 27.2 Å². The van der Waals surface area contributed by atoms with Crippen molar-refractivity contribution in [3.8, 4) is 0 Å². The molecule has 4 nitrogen and oxygen atoms in total. The highest BCUT2D eigenvalue weighted by molar-refractivity contribution is 7.11. The quantitative estimate of drug-likeness (QED) is 0.841. The maximum atomic E-state index is 12.8. The minimum absolute atomic E-state index is 0.0121. The number of hydrogen-bond acceptors (Lipinski definition) is 4. The predicted octanol–water partition coefficient (Wildman–Crippen LogP) is 2.33. The van der Waals surface area contributed by atoms with E-state index >= 15 is 0 Å². The van der Waals surface area contributed by atoms with Crippen LogP contribution in [0.3, 0.4) is 0 Å². The molecule has 112 valence electrons. The van der Waals surface area contributed by atoms with Crippen molar-refractivity contribution in [1.29, 1.82) is 0 Å². The molecule has 1 amide bonds. The number of nitrogens with zero attached hydrogens (tertiary/aromatic N) is 3. The number of hydrogen-bond donors (Lipinski definition) is 0. The molecule has 0 radical (unpaired) electrons. The molecule has 20 heavy (non-hydrogen) atoms. The number of carbonyl (C=O) groups is 1. The second kappa shape index (κ2) is 5.69. The third-order valence-electron chi connectivity index (χ3n) is 3.59. The third-order valence-corrected chi connectivity index (χ3v) is 4.40. The molecule has 0 N–H and O–H groups in total. The Balaban J connectivity index is 2.13. The van der Waals surface area contributed by atoms with Crippen LogP contribution in [0.25, 0.3) is 0 Å². The summed E-state index contributed by atoms with van der Waals surface area (Å²) in [5.41, 5.74) is -0.00859. The summed E-state index contributed by atoms with van der Waals surface area (Å²) in [4.78, 5) is 18.8. The van der Waals surface area contributed by atoms with Gasteiger partial charge in [-0.15, -0.1) is 11.3 Å². The summed E-state index contributed by atoms with van der Waals surface area (Å²) in [6.45, 7) is 1.69. The molecule has 1 saturated heterocycles. The molecule has 0 unspecified atom stereocenters. The van der Waals surface area contributed by atoms with Gasteiger partial charge >= 0.3 is 6.18 Å². The zero-order valence-electron chi connectivity index (χ0n) is 11.3. The van der Waals surface area contributed by atoms with Crippen LogP contribution in [-0.4, -0.2) is 53.9 Å². The summed E-state index contributed by atoms with van der Waals surface area (Å²) < 4.78 is 38.3. The van der Waals surface area contributed by atoms with Crippen LogP contribution < -0.4 is 0 Å². The molecule has 0 spiro atoms. The molecule has 0 bridgehead atoms. The molecule has 1 fully saturated rings. The van der Waals surface area contributed by atoms with Crippen molar-refractivity contribution in [3.63, 3.8) is 0 Å². The van der Waals surface area contributed by atoms with Crippen molar-refractivity contribution in [2.45, 2.75) is 25.1 Å². The largest absolute Gasteiger partial charge is 0.434 e. The first-order valence-electron chi connectivity index (χ1n) is 6.27. The van der Waals surface area contributed by atoms with Gasteiger partial charge in [-0.1, -0.05) is 0 Å². The summed E-state index contributed by atoms with van der Waals surface area (Å²) >= 11 is 0.745. The Kier molecular flexibility index (Phi) is 4.33. The molecule has 1 aromatic heterocycles. The van der Waals surface area contributed by atoms with E-state index < -0.39 is 17.8 Å². The van der Waals surface area contributed by atoms with E-state index in [0.717, 1.165) is 42.8 Å². The average Bonchev–Trinajstić information content (AvgIpc) is 2.87. The van der Waals surface area contributed by atoms with Crippen LogP contribution >= 0.6 is 11.3 Å². The summed E-state index contributed by atoms with van der Waals surface area (Å²) in [5.74, 6) is -0.589. The molecule has 2 heterocycles. The van der Waals surface area contributed by atoms with Gasteiger partial charge in [-0.2, -0.15) is 13.2 Å². The molecular formula is C12H16F3N3OS. The standard InChI is InChI=1S/C12H16F3N3OS/c1-17-5-3-8(4-6-17)18(2)11(19)9-10(12(13,14)15)16-7-20-9/h7-8H,3-6H2,1-2H3. The van der Waals surface area contributed by atoms with Crippen molar-refractivity contribution in [2.24, 2.45) is 0 Å². The van der Waals surface area contributed by atoms with Crippen LogP contribution in [0.4, 0.5) is 13.2 Å². The highest BCUT2D eigenvalue weighted by Gasteiger charge is 2.39. The average molecular weight is 307 g/mol. The molecule has 0 aromatic carbocycles. The summed E-state index contributed by atoms with van der Waals surface area (Å²) in [6.07, 6.45) is -3.03. The van der Waals surface area contributed by atoms with Crippen molar-refractivity contribution in [1.82, 2.24) is 14.8 Å². The van der Waals surface area contributed by atoms with E-state index in [2.05, 4.69) is 9.88 Å². The first kappa shape index (κ1) is 15.2. The number of thiazole rings is 1. The highest BCUT2D eigenvalue weighted by Crippen LogP contribution is 2.33. The topological polar surface area (TPSA) is 36.4 Å². The first-order valence-corrected chi connectivity index (χ1v) is 7.15. The van der Waals surface area contributed by atoms with Crippen LogP contribution in [0.2, 0.25) is 0 Å². The van der Waals surface area contributed by atoms with Gasteiger partial charge in [0, 0.05) is 13.1 Å². The molecule has 0 atom stereocenters. The van der Waals surface area contributed by atoms with Gasteiger partial charge in [-0.25, -0.2) is 4.98 Å². The van der Waals surface area contributed by atoms with Gasteiger partial charge in [-0.05, 0) is 33.0 Å². The lowest BCUT2D eigenvalue weighted by Crippen LogP contribution is -2.44. The highest BCUT2D eigenvalue weighted by atomic mass is 32.1. The minimum atomic E-state index is -4.58. The van der Waals surface area contributed by atoms with Crippen LogP contribution in [0.15, 0.2) is 5.51 Å². The Bertz CT molecular complexity index is 481. The van der Waals surface area contributed by atoms with E-state index in [0.29, 0.717) is 0 Å². The van der Waals surface area contributed by atoms with E-state index in [1.165, 1.54) is 4.90 Å². The van der Waals surface area contributed by atoms with E-state index in [4.69, 9.17) is 0 Å². The van der Waals surface area contributed by atoms with Gasteiger partial charge in [0.2, 0.25) is 0 Å². The molecule has 1 aliphatic rings. The third kappa shape index (κ3) is 3.12. The molecule has 2 rings (SSSR count). The van der Waals surface area contributed by atoms with E-state index in [1.807, 2.05) is 7.05 Å². The number of carbonyl (C=O) groups excluding carboxylic acids is 1. The van der Waals surface area contributed by atoms with Gasteiger partial charge in [-0.3, -0.25) is 4.79 Å². The second-order valence-corrected chi connectivity index (χ2v) is 5.83. The molecule has 1 aliphatic heterocycles. The van der Waals surface area contributed by atoms with E-state index in [1.54, 1.807) is 7.05 Å². The molecule has 1 aromatic rings. The molecule has 0 aliphatic carbocycles. The zero-order chi connectivity index (χ0) is 14.9. The molecule has 0 saturated carbocycles. The van der Waals surface area contributed by atoms with Crippen molar-refractivity contribution >= 4 is 17.2 Å². The fraction of sp³-hybridized carbons (Fsp3) is 0.667. The number of rotatable bonds is 2. The number of piperidine rings is 1. The number of alkyl halides is 3. The number of aromatic nitrogens is 1. The van der Waals surface area contributed by atoms with Gasteiger partial charge in [0.1, 0.15) is 4.88 Å². The zero-order valence-corrected chi connectivity index (χ0v) is 12.1. The summed E-state index contributed by atoms with van der Waals surface area (Å²) in [7, 11) is 3.56. The normalized spacial score (nSPS) is 18.2. The van der Waals surface area contributed by atoms with E-state index in [9.17, 15) is 18.0 Å². The van der Waals surface area contributed by atoms with Crippen LogP contribution in [0, 0.1) is 0 Å². The maximum absolute atomic E-state index is 12.8. The number of amides is 1. The molecular weight excluding hydrogens is 291 g/mol. The maximum Gasteiger partial charge on any atom is 0.434 e. The Hall–Kier alpha value is -1.15. The van der Waals surface area contributed by atoms with Gasteiger partial charge in [0.15, 0.2) is 5.69 Å². The van der Waals surface area contributed by atoms with Crippen molar-refractivity contribution in [3.05, 3.63) is 16.1 Å². The second-order valence-electron chi connectivity index (χ2n) is 4.98. The minimum Gasteiger partial charge on any atom is -0.338 e. The lowest BCUT2D eigenvalue weighted by molar-refractivity contribution is -0.141. The molecule has 8 heteroatoms. The Morgan fingerprint density at radius 2 is 2.05 bits per heavy atom. The summed E-state index contributed by atoms with van der Waals surface area (Å²) in [6, 6.07) is -0.0121. The fourth-order valence-electron chi connectivity index (χ4n) is 2.31. The Morgan fingerprint density at radius 3 is 2.60 bits per heavy atom. The smallest absolute Gasteiger partial charge is 0.338 e. The lowest BCUT2D eigenvalue weighted by Gasteiger charge is -2.35. The monoisotopic (exact) mass is 307 g/mol. The fourth-order valence-corrected chi connectivity index (χ4v) is 3.10. The van der Waals surface area contributed by atoms with Crippen LogP contribution in [0.1, 0.15) is 28.2 Å². The first-order chi connectivity index (χ1) is 9.30. The van der Waals surface area contributed by atoms with Crippen LogP contribution in [-0.2, 0) is 6.18 Å². The SMILES string of the molecule is CN1CCC(N(C)C(=O)c2scnc2C(F)(F)F)CC1. The van der Waals surface area contributed by atoms with Gasteiger partial charge in [0.25, 0.3) is 5.91 Å². The van der Waals surface area contributed by atoms with Gasteiger partial charge < -0.3 is 9.80 Å². The van der Waals surface area contributed by atoms with Crippen molar-refractivity contribution < 1.29 is 18.0 Å². The number of halogens is 3. The predicted molar refractivity (Wildman–Crippen MR) is 69.7 cm³/mol. The Labute approximate surface area is 119 Å². The van der Waals surface area contributed by atoms with Crippen LogP contribution in [0.5, 0.6) is 0 Å². The number of likely N-dealkylation sites (tertiary alicyclic amines) is 1. The van der Waals surface area contributed by atoms with Gasteiger partial charge in [0.05, 0.1) is 5.51 Å². The summed E-state index contributed by atoms with van der Waals surface area (Å²) in [5, 5.41) is 0. The Morgan fingerprint density at radius 1 is 1.45 bits per heavy atom. The van der Waals surface area contributed by atoms with E-state index in [-0.39, 0.29) is 10.9 Å².